The van der Waals surface area contributed by atoms with Gasteiger partial charge in [-0.25, -0.2) is 0 Å². The van der Waals surface area contributed by atoms with Gasteiger partial charge in [0.15, 0.2) is 0 Å². The molecule has 0 saturated heterocycles. The Kier molecular flexibility index (Phi) is 3.90. The van der Waals surface area contributed by atoms with Crippen LogP contribution in [0.25, 0.3) is 0 Å². The van der Waals surface area contributed by atoms with Crippen LogP contribution in [0.5, 0.6) is 5.88 Å². The van der Waals surface area contributed by atoms with Crippen LogP contribution in [-0.2, 0) is 6.42 Å². The van der Waals surface area contributed by atoms with Crippen molar-refractivity contribution >= 4 is 11.8 Å². The smallest absolute Gasteiger partial charge is 0.225 e. The number of anilines is 2. The Hall–Kier alpha value is -2.30. The van der Waals surface area contributed by atoms with E-state index in [4.69, 9.17) is 10.5 Å². The molecule has 1 heterocycles. The van der Waals surface area contributed by atoms with Gasteiger partial charge in [0, 0.05) is 12.6 Å². The summed E-state index contributed by atoms with van der Waals surface area (Å²) >= 11 is 0. The van der Waals surface area contributed by atoms with E-state index >= 15 is 0 Å². The highest BCUT2D eigenvalue weighted by Gasteiger charge is 2.22. The van der Waals surface area contributed by atoms with Crippen LogP contribution >= 0.6 is 0 Å². The maximum atomic E-state index is 6.08. The van der Waals surface area contributed by atoms with Gasteiger partial charge in [0.05, 0.1) is 0 Å². The molecule has 0 bridgehead atoms. The summed E-state index contributed by atoms with van der Waals surface area (Å²) in [4.78, 5) is 8.32. The topological polar surface area (TPSA) is 73.1 Å². The van der Waals surface area contributed by atoms with Gasteiger partial charge in [0.2, 0.25) is 11.8 Å². The Labute approximate surface area is 124 Å². The van der Waals surface area contributed by atoms with Crippen LogP contribution in [0.15, 0.2) is 30.3 Å². The van der Waals surface area contributed by atoms with E-state index in [-0.39, 0.29) is 12.1 Å². The Balaban J connectivity index is 1.84. The molecule has 3 N–H and O–H groups in total. The Morgan fingerprint density at radius 2 is 2.19 bits per heavy atom. The second kappa shape index (κ2) is 5.99. The van der Waals surface area contributed by atoms with Gasteiger partial charge < -0.3 is 15.8 Å². The highest BCUT2D eigenvalue weighted by atomic mass is 16.5. The largest absolute Gasteiger partial charge is 0.469 e. The van der Waals surface area contributed by atoms with Crippen molar-refractivity contribution in [1.82, 2.24) is 9.97 Å². The number of rotatable bonds is 4. The minimum Gasteiger partial charge on any atom is -0.469 e. The van der Waals surface area contributed by atoms with Crippen LogP contribution < -0.4 is 15.8 Å². The Morgan fingerprint density at radius 1 is 1.33 bits per heavy atom. The molecule has 0 spiro atoms. The summed E-state index contributed by atoms with van der Waals surface area (Å²) in [6.07, 6.45) is 3.28. The summed E-state index contributed by atoms with van der Waals surface area (Å²) in [6.45, 7) is 2.79. The summed E-state index contributed by atoms with van der Waals surface area (Å²) < 4.78 is 6.08. The standard InChI is InChI=1S/C16H20N4O/c1-2-18-14-10-15(20-16(17)19-14)21-13-9-5-7-11-6-3-4-8-12(11)13/h3-4,6,8,10,13H,2,5,7,9H2,1H3,(H3,17,18,19,20). The fraction of sp³-hybridized carbons (Fsp3) is 0.375. The molecule has 0 radical (unpaired) electrons. The molecular weight excluding hydrogens is 264 g/mol. The van der Waals surface area contributed by atoms with Crippen molar-refractivity contribution in [3.63, 3.8) is 0 Å². The number of hydrogen-bond donors (Lipinski definition) is 2. The number of benzene rings is 1. The number of ether oxygens (including phenoxy) is 1. The average molecular weight is 284 g/mol. The molecule has 1 aromatic heterocycles. The first-order valence-electron chi connectivity index (χ1n) is 7.39. The van der Waals surface area contributed by atoms with Crippen molar-refractivity contribution in [1.29, 1.82) is 0 Å². The van der Waals surface area contributed by atoms with Crippen LogP contribution in [0.4, 0.5) is 11.8 Å². The van der Waals surface area contributed by atoms with E-state index in [1.54, 1.807) is 6.07 Å². The molecular formula is C16H20N4O. The summed E-state index contributed by atoms with van der Waals surface area (Å²) in [5.74, 6) is 1.46. The molecule has 0 amide bonds. The van der Waals surface area contributed by atoms with Crippen molar-refractivity contribution in [2.24, 2.45) is 0 Å². The molecule has 110 valence electrons. The van der Waals surface area contributed by atoms with E-state index in [2.05, 4.69) is 39.6 Å². The quantitative estimate of drug-likeness (QED) is 0.903. The first-order chi connectivity index (χ1) is 10.3. The van der Waals surface area contributed by atoms with Gasteiger partial charge >= 0.3 is 0 Å². The minimum atomic E-state index is 0.0405. The fourth-order valence-corrected chi connectivity index (χ4v) is 2.75. The third-order valence-corrected chi connectivity index (χ3v) is 3.66. The van der Waals surface area contributed by atoms with Crippen molar-refractivity contribution in [2.75, 3.05) is 17.6 Å². The zero-order valence-corrected chi connectivity index (χ0v) is 12.2. The van der Waals surface area contributed by atoms with E-state index in [0.29, 0.717) is 11.7 Å². The van der Waals surface area contributed by atoms with Crippen LogP contribution in [0.2, 0.25) is 0 Å². The van der Waals surface area contributed by atoms with Crippen LogP contribution in [0.1, 0.15) is 37.0 Å². The first-order valence-corrected chi connectivity index (χ1v) is 7.39. The van der Waals surface area contributed by atoms with E-state index in [0.717, 1.165) is 25.8 Å². The number of aromatic nitrogens is 2. The molecule has 21 heavy (non-hydrogen) atoms. The van der Waals surface area contributed by atoms with Crippen molar-refractivity contribution in [3.8, 4) is 5.88 Å². The second-order valence-corrected chi connectivity index (χ2v) is 5.18. The summed E-state index contributed by atoms with van der Waals surface area (Å²) in [5, 5.41) is 3.13. The van der Waals surface area contributed by atoms with E-state index in [1.807, 2.05) is 6.92 Å². The van der Waals surface area contributed by atoms with Gasteiger partial charge in [-0.3, -0.25) is 0 Å². The average Bonchev–Trinajstić information content (AvgIpc) is 2.47. The zero-order chi connectivity index (χ0) is 14.7. The number of nitrogen functional groups attached to an aromatic ring is 1. The van der Waals surface area contributed by atoms with Crippen LogP contribution in [-0.4, -0.2) is 16.5 Å². The number of nitrogens with two attached hydrogens (primary N) is 1. The summed E-state index contributed by atoms with van der Waals surface area (Å²) in [7, 11) is 0. The van der Waals surface area contributed by atoms with Crippen molar-refractivity contribution in [3.05, 3.63) is 41.5 Å². The van der Waals surface area contributed by atoms with Gasteiger partial charge in [0.1, 0.15) is 11.9 Å². The lowest BCUT2D eigenvalue weighted by atomic mass is 9.89. The Bertz CT molecular complexity index is 629. The number of hydrogen-bond acceptors (Lipinski definition) is 5. The van der Waals surface area contributed by atoms with Gasteiger partial charge in [-0.2, -0.15) is 9.97 Å². The monoisotopic (exact) mass is 284 g/mol. The first kappa shape index (κ1) is 13.7. The number of nitrogens with one attached hydrogen (secondary N) is 1. The number of nitrogens with zero attached hydrogens (tertiary/aromatic N) is 2. The number of aryl methyl sites for hydroxylation is 1. The predicted molar refractivity (Wildman–Crippen MR) is 83.4 cm³/mol. The molecule has 2 aromatic rings. The molecule has 0 fully saturated rings. The molecule has 1 aliphatic carbocycles. The molecule has 3 rings (SSSR count). The molecule has 5 nitrogen and oxygen atoms in total. The van der Waals surface area contributed by atoms with Crippen LogP contribution in [0, 0.1) is 0 Å². The van der Waals surface area contributed by atoms with Crippen molar-refractivity contribution in [2.45, 2.75) is 32.3 Å². The van der Waals surface area contributed by atoms with E-state index < -0.39 is 0 Å². The second-order valence-electron chi connectivity index (χ2n) is 5.18. The highest BCUT2D eigenvalue weighted by molar-refractivity contribution is 5.43. The molecule has 1 unspecified atom stereocenters. The minimum absolute atomic E-state index is 0.0405. The predicted octanol–water partition coefficient (Wildman–Crippen LogP) is 2.95. The fourth-order valence-electron chi connectivity index (χ4n) is 2.75. The molecule has 5 heteroatoms. The number of fused-ring (bicyclic) bond motifs is 1. The lowest BCUT2D eigenvalue weighted by molar-refractivity contribution is 0.176. The van der Waals surface area contributed by atoms with Gasteiger partial charge in [-0.05, 0) is 37.3 Å². The maximum Gasteiger partial charge on any atom is 0.225 e. The lowest BCUT2D eigenvalue weighted by Crippen LogP contribution is -2.16. The third kappa shape index (κ3) is 3.07. The third-order valence-electron chi connectivity index (χ3n) is 3.66. The SMILES string of the molecule is CCNc1cc(OC2CCCc3ccccc32)nc(N)n1. The molecule has 1 aliphatic rings. The van der Waals surface area contributed by atoms with E-state index in [1.165, 1.54) is 11.1 Å². The molecule has 1 atom stereocenters. The lowest BCUT2D eigenvalue weighted by Gasteiger charge is -2.25. The zero-order valence-electron chi connectivity index (χ0n) is 12.2. The maximum absolute atomic E-state index is 6.08. The molecule has 0 aliphatic heterocycles. The Morgan fingerprint density at radius 3 is 3.05 bits per heavy atom. The van der Waals surface area contributed by atoms with E-state index in [9.17, 15) is 0 Å². The highest BCUT2D eigenvalue weighted by Crippen LogP contribution is 2.33. The normalized spacial score (nSPS) is 17.1. The van der Waals surface area contributed by atoms with Gasteiger partial charge in [-0.15, -0.1) is 0 Å². The molecule has 0 saturated carbocycles. The summed E-state index contributed by atoms with van der Waals surface area (Å²) in [5.41, 5.74) is 8.37. The summed E-state index contributed by atoms with van der Waals surface area (Å²) in [6, 6.07) is 10.2. The molecule has 1 aromatic carbocycles. The van der Waals surface area contributed by atoms with Crippen LogP contribution in [0.3, 0.4) is 0 Å². The van der Waals surface area contributed by atoms with Gasteiger partial charge in [0.25, 0.3) is 0 Å². The van der Waals surface area contributed by atoms with Crippen molar-refractivity contribution < 1.29 is 4.74 Å². The van der Waals surface area contributed by atoms with Gasteiger partial charge in [-0.1, -0.05) is 24.3 Å².